The molecule has 0 bridgehead atoms. The molecule has 1 aliphatic carbocycles. The standard InChI is InChI=1S/C25H31N5O2/c1-16(2)18-7-4-6-17(10-18)15-32-23-9-5-8-22(23)29-25(31)21-11-19(12-27-24(21)26)20-13-28-30(3)14-20/h4,6-7,10-14,16,22-23H,5,8-9,15H2,1-3H3,(H2,26,27)(H,29,31)/t22-,23-/m0/s1. The quantitative estimate of drug-likeness (QED) is 0.586. The van der Waals surface area contributed by atoms with Crippen molar-refractivity contribution < 1.29 is 9.53 Å². The van der Waals surface area contributed by atoms with E-state index in [-0.39, 0.29) is 23.9 Å². The van der Waals surface area contributed by atoms with Crippen molar-refractivity contribution in [2.75, 3.05) is 5.73 Å². The lowest BCUT2D eigenvalue weighted by molar-refractivity contribution is 0.0272. The maximum atomic E-state index is 13.0. The van der Waals surface area contributed by atoms with Gasteiger partial charge in [0.25, 0.3) is 5.91 Å². The Balaban J connectivity index is 1.42. The van der Waals surface area contributed by atoms with Crippen molar-refractivity contribution in [2.45, 2.75) is 57.8 Å². The van der Waals surface area contributed by atoms with Gasteiger partial charge in [-0.15, -0.1) is 0 Å². The van der Waals surface area contributed by atoms with Crippen molar-refractivity contribution in [1.82, 2.24) is 20.1 Å². The van der Waals surface area contributed by atoms with Gasteiger partial charge in [0.15, 0.2) is 0 Å². The van der Waals surface area contributed by atoms with Crippen LogP contribution in [0.5, 0.6) is 0 Å². The number of carbonyl (C=O) groups excluding carboxylic acids is 1. The van der Waals surface area contributed by atoms with Crippen molar-refractivity contribution in [3.63, 3.8) is 0 Å². The third-order valence-corrected chi connectivity index (χ3v) is 6.05. The van der Waals surface area contributed by atoms with Gasteiger partial charge in [0.05, 0.1) is 30.5 Å². The fourth-order valence-electron chi connectivity index (χ4n) is 4.17. The Hall–Kier alpha value is -3.19. The second-order valence-electron chi connectivity index (χ2n) is 8.82. The molecule has 4 rings (SSSR count). The van der Waals surface area contributed by atoms with Gasteiger partial charge in [0.2, 0.25) is 0 Å². The first-order valence-corrected chi connectivity index (χ1v) is 11.2. The summed E-state index contributed by atoms with van der Waals surface area (Å²) in [5.41, 5.74) is 10.6. The Kier molecular flexibility index (Phi) is 6.55. The Bertz CT molecular complexity index is 1090. The van der Waals surface area contributed by atoms with E-state index in [4.69, 9.17) is 10.5 Å². The fourth-order valence-corrected chi connectivity index (χ4v) is 4.17. The van der Waals surface area contributed by atoms with Crippen molar-refractivity contribution >= 4 is 11.7 Å². The number of nitrogens with zero attached hydrogens (tertiary/aromatic N) is 3. The van der Waals surface area contributed by atoms with E-state index < -0.39 is 0 Å². The lowest BCUT2D eigenvalue weighted by Crippen LogP contribution is -2.41. The summed E-state index contributed by atoms with van der Waals surface area (Å²) < 4.78 is 7.94. The van der Waals surface area contributed by atoms with E-state index in [9.17, 15) is 4.79 Å². The highest BCUT2D eigenvalue weighted by Gasteiger charge is 2.30. The number of nitrogen functional groups attached to an aromatic ring is 1. The van der Waals surface area contributed by atoms with Crippen molar-refractivity contribution in [3.05, 3.63) is 65.6 Å². The number of rotatable bonds is 7. The van der Waals surface area contributed by atoms with Crippen LogP contribution < -0.4 is 11.1 Å². The van der Waals surface area contributed by atoms with Crippen LogP contribution >= 0.6 is 0 Å². The number of ether oxygens (including phenoxy) is 1. The van der Waals surface area contributed by atoms with E-state index in [1.165, 1.54) is 5.56 Å². The maximum absolute atomic E-state index is 13.0. The van der Waals surface area contributed by atoms with Gasteiger partial charge in [-0.3, -0.25) is 9.48 Å². The summed E-state index contributed by atoms with van der Waals surface area (Å²) in [6.45, 7) is 4.91. The minimum absolute atomic E-state index is 0.0163. The molecule has 0 unspecified atom stereocenters. The molecule has 32 heavy (non-hydrogen) atoms. The maximum Gasteiger partial charge on any atom is 0.255 e. The molecule has 0 spiro atoms. The van der Waals surface area contributed by atoms with Crippen molar-refractivity contribution in [1.29, 1.82) is 0 Å². The summed E-state index contributed by atoms with van der Waals surface area (Å²) >= 11 is 0. The zero-order valence-corrected chi connectivity index (χ0v) is 18.9. The highest BCUT2D eigenvalue weighted by molar-refractivity contribution is 5.99. The topological polar surface area (TPSA) is 95.1 Å². The molecule has 0 aliphatic heterocycles. The number of aryl methyl sites for hydroxylation is 1. The van der Waals surface area contributed by atoms with Gasteiger partial charge in [-0.25, -0.2) is 4.98 Å². The molecule has 7 heteroatoms. The highest BCUT2D eigenvalue weighted by Crippen LogP contribution is 2.26. The highest BCUT2D eigenvalue weighted by atomic mass is 16.5. The van der Waals surface area contributed by atoms with Gasteiger partial charge < -0.3 is 15.8 Å². The van der Waals surface area contributed by atoms with Gasteiger partial charge in [0, 0.05) is 30.6 Å². The van der Waals surface area contributed by atoms with E-state index in [0.717, 1.165) is 36.0 Å². The zero-order valence-electron chi connectivity index (χ0n) is 18.9. The van der Waals surface area contributed by atoms with Gasteiger partial charge >= 0.3 is 0 Å². The second kappa shape index (κ2) is 9.53. The minimum atomic E-state index is -0.219. The summed E-state index contributed by atoms with van der Waals surface area (Å²) in [6, 6.07) is 10.2. The van der Waals surface area contributed by atoms with E-state index >= 15 is 0 Å². The molecular formula is C25H31N5O2. The number of benzene rings is 1. The summed E-state index contributed by atoms with van der Waals surface area (Å²) in [7, 11) is 1.85. The summed E-state index contributed by atoms with van der Waals surface area (Å²) in [6.07, 6.45) is 8.10. The molecule has 3 aromatic rings. The average molecular weight is 434 g/mol. The molecular weight excluding hydrogens is 402 g/mol. The van der Waals surface area contributed by atoms with E-state index in [0.29, 0.717) is 18.1 Å². The minimum Gasteiger partial charge on any atom is -0.383 e. The van der Waals surface area contributed by atoms with Gasteiger partial charge in [-0.1, -0.05) is 38.1 Å². The Labute approximate surface area is 189 Å². The normalized spacial score (nSPS) is 18.2. The number of hydrogen-bond acceptors (Lipinski definition) is 5. The molecule has 1 amide bonds. The van der Waals surface area contributed by atoms with Crippen molar-refractivity contribution in [2.24, 2.45) is 7.05 Å². The molecule has 1 aromatic carbocycles. The van der Waals surface area contributed by atoms with Crippen LogP contribution in [0.2, 0.25) is 0 Å². The molecule has 1 saturated carbocycles. The molecule has 168 valence electrons. The second-order valence-corrected chi connectivity index (χ2v) is 8.82. The smallest absolute Gasteiger partial charge is 0.255 e. The molecule has 7 nitrogen and oxygen atoms in total. The van der Waals surface area contributed by atoms with Crippen LogP contribution in [0, 0.1) is 0 Å². The molecule has 1 aliphatic rings. The van der Waals surface area contributed by atoms with Crippen LogP contribution in [0.15, 0.2) is 48.9 Å². The first kappa shape index (κ1) is 22.0. The van der Waals surface area contributed by atoms with Crippen LogP contribution in [0.1, 0.15) is 60.5 Å². The van der Waals surface area contributed by atoms with Gasteiger partial charge in [-0.05, 0) is 42.4 Å². The number of aromatic nitrogens is 3. The van der Waals surface area contributed by atoms with E-state index in [2.05, 4.69) is 53.5 Å². The summed E-state index contributed by atoms with van der Waals surface area (Å²) in [5, 5.41) is 7.32. The van der Waals surface area contributed by atoms with Crippen LogP contribution in [-0.4, -0.2) is 32.8 Å². The first-order valence-electron chi connectivity index (χ1n) is 11.2. The Morgan fingerprint density at radius 2 is 2.09 bits per heavy atom. The average Bonchev–Trinajstić information content (AvgIpc) is 3.41. The van der Waals surface area contributed by atoms with Crippen LogP contribution in [0.3, 0.4) is 0 Å². The Morgan fingerprint density at radius 3 is 2.84 bits per heavy atom. The molecule has 0 saturated heterocycles. The summed E-state index contributed by atoms with van der Waals surface area (Å²) in [4.78, 5) is 17.3. The van der Waals surface area contributed by atoms with Crippen molar-refractivity contribution in [3.8, 4) is 11.1 Å². The third kappa shape index (κ3) is 4.99. The van der Waals surface area contributed by atoms with Crippen LogP contribution in [0.25, 0.3) is 11.1 Å². The number of pyridine rings is 1. The third-order valence-electron chi connectivity index (χ3n) is 6.05. The van der Waals surface area contributed by atoms with Crippen LogP contribution in [0.4, 0.5) is 5.82 Å². The SMILES string of the molecule is CC(C)c1cccc(CO[C@H]2CCC[C@@H]2NC(=O)c2cc(-c3cnn(C)c3)cnc2N)c1. The number of hydrogen-bond donors (Lipinski definition) is 2. The first-order chi connectivity index (χ1) is 15.4. The lowest BCUT2D eigenvalue weighted by atomic mass is 10.0. The molecule has 2 atom stereocenters. The largest absolute Gasteiger partial charge is 0.383 e. The van der Waals surface area contributed by atoms with Gasteiger partial charge in [-0.2, -0.15) is 5.10 Å². The molecule has 1 fully saturated rings. The lowest BCUT2D eigenvalue weighted by Gasteiger charge is -2.22. The predicted octanol–water partition coefficient (Wildman–Crippen LogP) is 4.06. The number of anilines is 1. The van der Waals surface area contributed by atoms with Crippen LogP contribution in [-0.2, 0) is 18.4 Å². The molecule has 2 heterocycles. The molecule has 2 aromatic heterocycles. The fraction of sp³-hybridized carbons (Fsp3) is 0.400. The van der Waals surface area contributed by atoms with E-state index in [1.807, 2.05) is 13.2 Å². The molecule has 0 radical (unpaired) electrons. The number of carbonyl (C=O) groups is 1. The predicted molar refractivity (Wildman–Crippen MR) is 125 cm³/mol. The monoisotopic (exact) mass is 433 g/mol. The zero-order chi connectivity index (χ0) is 22.7. The Morgan fingerprint density at radius 1 is 1.25 bits per heavy atom. The molecule has 3 N–H and O–H groups in total. The van der Waals surface area contributed by atoms with Gasteiger partial charge in [0.1, 0.15) is 5.82 Å². The summed E-state index contributed by atoms with van der Waals surface area (Å²) in [5.74, 6) is 0.481. The van der Waals surface area contributed by atoms with E-state index in [1.54, 1.807) is 23.1 Å². The number of nitrogens with one attached hydrogen (secondary N) is 1. The number of nitrogens with two attached hydrogens (primary N) is 1. The number of amides is 1.